The third-order valence-corrected chi connectivity index (χ3v) is 2.51. The molecule has 13 heavy (non-hydrogen) atoms. The topological polar surface area (TPSA) is 0 Å². The van der Waals surface area contributed by atoms with Crippen LogP contribution in [0.2, 0.25) is 0 Å². The summed E-state index contributed by atoms with van der Waals surface area (Å²) in [6, 6.07) is 0. The van der Waals surface area contributed by atoms with Gasteiger partial charge in [0.2, 0.25) is 0 Å². The highest BCUT2D eigenvalue weighted by molar-refractivity contribution is 5.55. The molecule has 0 aromatic heterocycles. The van der Waals surface area contributed by atoms with Crippen LogP contribution in [0.4, 0.5) is 0 Å². The van der Waals surface area contributed by atoms with Crippen LogP contribution in [0.3, 0.4) is 0 Å². The molecule has 1 aliphatic rings. The number of rotatable bonds is 1. The van der Waals surface area contributed by atoms with Crippen LogP contribution >= 0.6 is 0 Å². The maximum atomic E-state index is 3.17. The smallest absolute Gasteiger partial charge is 0.00960 e. The molecule has 0 saturated heterocycles. The molecule has 0 amide bonds. The second-order valence-electron chi connectivity index (χ2n) is 3.31. The van der Waals surface area contributed by atoms with Crippen molar-refractivity contribution < 1.29 is 0 Å². The maximum absolute atomic E-state index is 3.17. The van der Waals surface area contributed by atoms with Gasteiger partial charge in [0.1, 0.15) is 0 Å². The molecule has 0 spiro atoms. The Bertz CT molecular complexity index is 351. The van der Waals surface area contributed by atoms with Gasteiger partial charge < -0.3 is 0 Å². The largest absolute Gasteiger partial charge is 0.102 e. The molecule has 0 aromatic carbocycles. The Hall–Kier alpha value is -1.22. The zero-order valence-electron chi connectivity index (χ0n) is 8.86. The second-order valence-corrected chi connectivity index (χ2v) is 3.31. The Morgan fingerprint density at radius 3 is 2.46 bits per heavy atom. The lowest BCUT2D eigenvalue weighted by Crippen LogP contribution is -1.77. The quantitative estimate of drug-likeness (QED) is 0.530. The van der Waals surface area contributed by atoms with E-state index in [4.69, 9.17) is 0 Å². The third-order valence-electron chi connectivity index (χ3n) is 2.51. The summed E-state index contributed by atoms with van der Waals surface area (Å²) in [5.41, 5.74) is 5.46. The van der Waals surface area contributed by atoms with E-state index in [0.29, 0.717) is 0 Å². The minimum absolute atomic E-state index is 1.02. The SMILES string of the molecule is CC#CC1=C(C)C(C)=C(/C=C/C)C1. The molecule has 1 aliphatic carbocycles. The zero-order valence-corrected chi connectivity index (χ0v) is 8.86. The highest BCUT2D eigenvalue weighted by Gasteiger charge is 2.14. The lowest BCUT2D eigenvalue weighted by Gasteiger charge is -1.95. The highest BCUT2D eigenvalue weighted by atomic mass is 14.2. The fraction of sp³-hybridized carbons (Fsp3) is 0.385. The predicted molar refractivity (Wildman–Crippen MR) is 58.3 cm³/mol. The van der Waals surface area contributed by atoms with Gasteiger partial charge in [-0.1, -0.05) is 18.1 Å². The minimum atomic E-state index is 1.02. The van der Waals surface area contributed by atoms with Crippen molar-refractivity contribution in [2.24, 2.45) is 0 Å². The van der Waals surface area contributed by atoms with Crippen LogP contribution in [0, 0.1) is 11.8 Å². The van der Waals surface area contributed by atoms with E-state index in [1.165, 1.54) is 22.3 Å². The first-order valence-corrected chi connectivity index (χ1v) is 4.66. The summed E-state index contributed by atoms with van der Waals surface area (Å²) < 4.78 is 0. The monoisotopic (exact) mass is 172 g/mol. The van der Waals surface area contributed by atoms with E-state index in [1.807, 2.05) is 6.92 Å². The van der Waals surface area contributed by atoms with Gasteiger partial charge in [-0.25, -0.2) is 0 Å². The summed E-state index contributed by atoms with van der Waals surface area (Å²) >= 11 is 0. The standard InChI is InChI=1S/C13H16/c1-5-7-12-9-13(8-6-2)11(4)10(12)3/h5,7H,9H2,1-4H3/b7-5+. The third kappa shape index (κ3) is 1.92. The van der Waals surface area contributed by atoms with Gasteiger partial charge in [-0.2, -0.15) is 0 Å². The van der Waals surface area contributed by atoms with Gasteiger partial charge in [0.25, 0.3) is 0 Å². The molecule has 0 saturated carbocycles. The summed E-state index contributed by atoms with van der Waals surface area (Å²) in [6.07, 6.45) is 5.29. The Morgan fingerprint density at radius 2 is 1.92 bits per heavy atom. The van der Waals surface area contributed by atoms with Crippen molar-refractivity contribution in [2.45, 2.75) is 34.1 Å². The first-order chi connectivity index (χ1) is 6.20. The molecule has 0 unspecified atom stereocenters. The summed E-state index contributed by atoms with van der Waals surface area (Å²) in [4.78, 5) is 0. The second kappa shape index (κ2) is 4.14. The van der Waals surface area contributed by atoms with Gasteiger partial charge >= 0.3 is 0 Å². The van der Waals surface area contributed by atoms with Gasteiger partial charge in [0.05, 0.1) is 0 Å². The van der Waals surface area contributed by atoms with Crippen molar-refractivity contribution in [2.75, 3.05) is 0 Å². The summed E-state index contributed by atoms with van der Waals surface area (Å²) in [5.74, 6) is 6.13. The van der Waals surface area contributed by atoms with Crippen molar-refractivity contribution in [1.82, 2.24) is 0 Å². The Morgan fingerprint density at radius 1 is 1.23 bits per heavy atom. The first kappa shape index (κ1) is 9.86. The zero-order chi connectivity index (χ0) is 9.84. The van der Waals surface area contributed by atoms with Crippen LogP contribution in [0.5, 0.6) is 0 Å². The van der Waals surface area contributed by atoms with E-state index < -0.39 is 0 Å². The number of allylic oxidation sites excluding steroid dienone is 6. The van der Waals surface area contributed by atoms with E-state index in [1.54, 1.807) is 0 Å². The van der Waals surface area contributed by atoms with Gasteiger partial charge in [0, 0.05) is 12.0 Å². The van der Waals surface area contributed by atoms with Crippen molar-refractivity contribution >= 4 is 0 Å². The van der Waals surface area contributed by atoms with Crippen molar-refractivity contribution in [3.8, 4) is 11.8 Å². The van der Waals surface area contributed by atoms with Crippen LogP contribution in [0.15, 0.2) is 34.4 Å². The number of hydrogen-bond acceptors (Lipinski definition) is 0. The minimum Gasteiger partial charge on any atom is -0.102 e. The summed E-state index contributed by atoms with van der Waals surface area (Å²) in [7, 11) is 0. The predicted octanol–water partition coefficient (Wildman–Crippen LogP) is 3.62. The molecular weight excluding hydrogens is 156 g/mol. The Balaban J connectivity index is 2.98. The molecule has 68 valence electrons. The molecule has 1 rings (SSSR count). The fourth-order valence-electron chi connectivity index (χ4n) is 1.60. The molecule has 0 heteroatoms. The molecule has 0 aliphatic heterocycles. The van der Waals surface area contributed by atoms with E-state index in [0.717, 1.165) is 6.42 Å². The van der Waals surface area contributed by atoms with Crippen LogP contribution < -0.4 is 0 Å². The summed E-state index contributed by atoms with van der Waals surface area (Å²) in [6.45, 7) is 8.28. The highest BCUT2D eigenvalue weighted by Crippen LogP contribution is 2.31. The average molecular weight is 172 g/mol. The average Bonchev–Trinajstić information content (AvgIpc) is 2.36. The fourth-order valence-corrected chi connectivity index (χ4v) is 1.60. The molecule has 0 N–H and O–H groups in total. The molecule has 0 fully saturated rings. The van der Waals surface area contributed by atoms with Crippen molar-refractivity contribution in [3.05, 3.63) is 34.4 Å². The lowest BCUT2D eigenvalue weighted by atomic mass is 10.1. The van der Waals surface area contributed by atoms with E-state index >= 15 is 0 Å². The first-order valence-electron chi connectivity index (χ1n) is 4.66. The lowest BCUT2D eigenvalue weighted by molar-refractivity contribution is 1.25. The molecule has 0 bridgehead atoms. The van der Waals surface area contributed by atoms with E-state index in [-0.39, 0.29) is 0 Å². The molecule has 0 atom stereocenters. The van der Waals surface area contributed by atoms with Gasteiger partial charge in [-0.3, -0.25) is 0 Å². The Labute approximate surface area is 81.0 Å². The maximum Gasteiger partial charge on any atom is 0.00960 e. The van der Waals surface area contributed by atoms with Crippen LogP contribution in [0.1, 0.15) is 34.1 Å². The molecular formula is C13H16. The van der Waals surface area contributed by atoms with Crippen LogP contribution in [0.25, 0.3) is 0 Å². The molecule has 0 radical (unpaired) electrons. The van der Waals surface area contributed by atoms with Crippen LogP contribution in [-0.2, 0) is 0 Å². The molecule has 0 heterocycles. The number of hydrogen-bond donors (Lipinski definition) is 0. The van der Waals surface area contributed by atoms with E-state index in [2.05, 4.69) is 44.8 Å². The summed E-state index contributed by atoms with van der Waals surface area (Å²) in [5, 5.41) is 0. The van der Waals surface area contributed by atoms with E-state index in [9.17, 15) is 0 Å². The van der Waals surface area contributed by atoms with Crippen molar-refractivity contribution in [3.63, 3.8) is 0 Å². The molecule has 0 aromatic rings. The van der Waals surface area contributed by atoms with Crippen LogP contribution in [-0.4, -0.2) is 0 Å². The van der Waals surface area contributed by atoms with Gasteiger partial charge in [-0.05, 0) is 44.4 Å². The normalized spacial score (nSPS) is 16.9. The molecule has 0 nitrogen and oxygen atoms in total. The van der Waals surface area contributed by atoms with Gasteiger partial charge in [0.15, 0.2) is 0 Å². The Kier molecular flexibility index (Phi) is 3.14. The van der Waals surface area contributed by atoms with Crippen molar-refractivity contribution in [1.29, 1.82) is 0 Å². The van der Waals surface area contributed by atoms with Gasteiger partial charge in [-0.15, -0.1) is 5.92 Å².